The lowest BCUT2D eigenvalue weighted by Crippen LogP contribution is -2.03. The number of carbonyl (C=O) groups excluding carboxylic acids is 1. The van der Waals surface area contributed by atoms with Crippen LogP contribution < -0.4 is 0 Å². The molecule has 0 aliphatic rings. The number of carbonyl (C=O) groups is 1. The molecule has 0 aliphatic heterocycles. The molecule has 0 N–H and O–H groups in total. The molecule has 1 radical (unpaired) electrons. The van der Waals surface area contributed by atoms with Gasteiger partial charge in [0.25, 0.3) is 0 Å². The third-order valence-corrected chi connectivity index (χ3v) is 2.60. The normalized spacial score (nSPS) is 10.6. The van der Waals surface area contributed by atoms with Gasteiger partial charge in [0.1, 0.15) is 0 Å². The van der Waals surface area contributed by atoms with Gasteiger partial charge in [-0.1, -0.05) is 18.2 Å². The van der Waals surface area contributed by atoms with E-state index in [0.29, 0.717) is 6.42 Å². The maximum Gasteiger partial charge on any atom is 0.305 e. The van der Waals surface area contributed by atoms with Crippen LogP contribution in [-0.4, -0.2) is 17.6 Å². The molecule has 0 amide bonds. The summed E-state index contributed by atoms with van der Waals surface area (Å²) in [6.07, 6.45) is 3.18. The van der Waals surface area contributed by atoms with E-state index in [1.54, 1.807) is 0 Å². The van der Waals surface area contributed by atoms with Crippen LogP contribution in [0.3, 0.4) is 0 Å². The van der Waals surface area contributed by atoms with Gasteiger partial charge in [-0.3, -0.25) is 4.79 Å². The molecule has 0 atom stereocenters. The van der Waals surface area contributed by atoms with Crippen LogP contribution in [0, 0.1) is 6.07 Å². The molecule has 16 heavy (non-hydrogen) atoms. The number of rotatable bonds is 4. The van der Waals surface area contributed by atoms with Crippen molar-refractivity contribution in [2.45, 2.75) is 19.4 Å². The first-order valence-electron chi connectivity index (χ1n) is 5.33. The highest BCUT2D eigenvalue weighted by Crippen LogP contribution is 2.15. The van der Waals surface area contributed by atoms with Crippen LogP contribution in [0.1, 0.15) is 12.8 Å². The second-order valence-corrected chi connectivity index (χ2v) is 3.66. The van der Waals surface area contributed by atoms with E-state index in [1.807, 2.05) is 24.4 Å². The molecule has 3 heteroatoms. The van der Waals surface area contributed by atoms with Crippen molar-refractivity contribution in [3.05, 3.63) is 36.5 Å². The fourth-order valence-corrected chi connectivity index (χ4v) is 1.74. The van der Waals surface area contributed by atoms with Gasteiger partial charge in [-0.2, -0.15) is 0 Å². The van der Waals surface area contributed by atoms with Gasteiger partial charge in [-0.05, 0) is 12.5 Å². The van der Waals surface area contributed by atoms with Crippen LogP contribution in [-0.2, 0) is 16.1 Å². The molecule has 0 bridgehead atoms. The Hall–Kier alpha value is -1.77. The average Bonchev–Trinajstić information content (AvgIpc) is 2.73. The minimum Gasteiger partial charge on any atom is -0.469 e. The number of hydrogen-bond donors (Lipinski definition) is 0. The van der Waals surface area contributed by atoms with Gasteiger partial charge in [-0.25, -0.2) is 0 Å². The zero-order valence-corrected chi connectivity index (χ0v) is 9.27. The zero-order valence-electron chi connectivity index (χ0n) is 9.27. The summed E-state index contributed by atoms with van der Waals surface area (Å²) in [7, 11) is 1.42. The molecule has 1 heterocycles. The van der Waals surface area contributed by atoms with E-state index in [2.05, 4.69) is 21.4 Å². The molecule has 0 saturated carbocycles. The highest BCUT2D eigenvalue weighted by molar-refractivity contribution is 5.79. The van der Waals surface area contributed by atoms with Crippen LogP contribution >= 0.6 is 0 Å². The number of esters is 1. The Morgan fingerprint density at radius 3 is 3.06 bits per heavy atom. The topological polar surface area (TPSA) is 31.2 Å². The zero-order chi connectivity index (χ0) is 11.4. The van der Waals surface area contributed by atoms with Gasteiger partial charge in [0.05, 0.1) is 7.11 Å². The largest absolute Gasteiger partial charge is 0.469 e. The molecule has 0 fully saturated rings. The first-order valence-corrected chi connectivity index (χ1v) is 5.33. The highest BCUT2D eigenvalue weighted by Gasteiger charge is 2.02. The maximum absolute atomic E-state index is 11.0. The van der Waals surface area contributed by atoms with Crippen LogP contribution in [0.2, 0.25) is 0 Å². The molecule has 1 aromatic heterocycles. The number of nitrogens with zero attached hydrogens (tertiary/aromatic N) is 1. The highest BCUT2D eigenvalue weighted by atomic mass is 16.5. The summed E-state index contributed by atoms with van der Waals surface area (Å²) in [5, 5.41) is 1.11. The number of para-hydroxylation sites is 1. The Balaban J connectivity index is 2.02. The lowest BCUT2D eigenvalue weighted by molar-refractivity contribution is -0.140. The predicted molar refractivity (Wildman–Crippen MR) is 62.0 cm³/mol. The second kappa shape index (κ2) is 4.84. The molecule has 83 valence electrons. The minimum absolute atomic E-state index is 0.152. The van der Waals surface area contributed by atoms with Crippen molar-refractivity contribution in [2.75, 3.05) is 7.11 Å². The minimum atomic E-state index is -0.152. The Bertz CT molecular complexity index is 487. The number of ether oxygens (including phenoxy) is 1. The van der Waals surface area contributed by atoms with Gasteiger partial charge < -0.3 is 9.30 Å². The summed E-state index contributed by atoms with van der Waals surface area (Å²) < 4.78 is 6.71. The van der Waals surface area contributed by atoms with E-state index in [9.17, 15) is 4.79 Å². The van der Waals surface area contributed by atoms with Crippen molar-refractivity contribution in [2.24, 2.45) is 0 Å². The summed E-state index contributed by atoms with van der Waals surface area (Å²) >= 11 is 0. The summed E-state index contributed by atoms with van der Waals surface area (Å²) in [6.45, 7) is 0.819. The second-order valence-electron chi connectivity index (χ2n) is 3.66. The third kappa shape index (κ3) is 2.24. The first-order chi connectivity index (χ1) is 7.81. The standard InChI is InChI=1S/C13H14NO2/c1-16-13(15)7-4-9-14-10-8-11-5-2-3-6-12(11)14/h2-3,5-6,10H,4,7,9H2,1H3. The van der Waals surface area contributed by atoms with Crippen LogP contribution in [0.4, 0.5) is 0 Å². The monoisotopic (exact) mass is 216 g/mol. The van der Waals surface area contributed by atoms with Gasteiger partial charge in [0.15, 0.2) is 0 Å². The SMILES string of the molecule is COC(=O)CCCn1c[c]c2ccccc21. The molecule has 2 rings (SSSR count). The van der Waals surface area contributed by atoms with Crippen LogP contribution in [0.5, 0.6) is 0 Å². The molecule has 0 unspecified atom stereocenters. The number of aromatic nitrogens is 1. The molecule has 2 aromatic rings. The van der Waals surface area contributed by atoms with Crippen molar-refractivity contribution >= 4 is 16.9 Å². The van der Waals surface area contributed by atoms with Crippen molar-refractivity contribution in [3.8, 4) is 0 Å². The summed E-state index contributed by atoms with van der Waals surface area (Å²) in [4.78, 5) is 11.0. The fraction of sp³-hybridized carbons (Fsp3) is 0.308. The fourth-order valence-electron chi connectivity index (χ4n) is 1.74. The summed E-state index contributed by atoms with van der Waals surface area (Å²) in [6, 6.07) is 11.3. The van der Waals surface area contributed by atoms with Crippen molar-refractivity contribution < 1.29 is 9.53 Å². The molecule has 0 spiro atoms. The van der Waals surface area contributed by atoms with E-state index < -0.39 is 0 Å². The predicted octanol–water partition coefficient (Wildman–Crippen LogP) is 2.39. The Labute approximate surface area is 94.6 Å². The van der Waals surface area contributed by atoms with Crippen molar-refractivity contribution in [1.29, 1.82) is 0 Å². The Morgan fingerprint density at radius 1 is 1.44 bits per heavy atom. The molecule has 3 nitrogen and oxygen atoms in total. The van der Waals surface area contributed by atoms with Crippen molar-refractivity contribution in [1.82, 2.24) is 4.57 Å². The Kier molecular flexibility index (Phi) is 3.25. The van der Waals surface area contributed by atoms with Crippen LogP contribution in [0.15, 0.2) is 30.5 Å². The number of fused-ring (bicyclic) bond motifs is 1. The molecular weight excluding hydrogens is 202 g/mol. The lowest BCUT2D eigenvalue weighted by Gasteiger charge is -2.04. The van der Waals surface area contributed by atoms with E-state index in [0.717, 1.165) is 23.9 Å². The van der Waals surface area contributed by atoms with E-state index in [-0.39, 0.29) is 5.97 Å². The van der Waals surface area contributed by atoms with Gasteiger partial charge >= 0.3 is 5.97 Å². The van der Waals surface area contributed by atoms with Gasteiger partial charge in [0, 0.05) is 36.1 Å². The van der Waals surface area contributed by atoms with Gasteiger partial charge in [0.2, 0.25) is 0 Å². The molecule has 0 saturated heterocycles. The molecular formula is C13H14NO2. The van der Waals surface area contributed by atoms with E-state index in [1.165, 1.54) is 7.11 Å². The van der Waals surface area contributed by atoms with Gasteiger partial charge in [-0.15, -0.1) is 0 Å². The third-order valence-electron chi connectivity index (χ3n) is 2.60. The molecule has 1 aromatic carbocycles. The average molecular weight is 216 g/mol. The maximum atomic E-state index is 11.0. The summed E-state index contributed by atoms with van der Waals surface area (Å²) in [5.74, 6) is -0.152. The summed E-state index contributed by atoms with van der Waals surface area (Å²) in [5.41, 5.74) is 1.16. The van der Waals surface area contributed by atoms with Crippen LogP contribution in [0.25, 0.3) is 10.9 Å². The van der Waals surface area contributed by atoms with E-state index >= 15 is 0 Å². The first kappa shape index (κ1) is 10.7. The lowest BCUT2D eigenvalue weighted by atomic mass is 10.2. The number of aryl methyl sites for hydroxylation is 1. The van der Waals surface area contributed by atoms with Crippen molar-refractivity contribution in [3.63, 3.8) is 0 Å². The smallest absolute Gasteiger partial charge is 0.305 e. The number of methoxy groups -OCH3 is 1. The van der Waals surface area contributed by atoms with E-state index in [4.69, 9.17) is 0 Å². The Morgan fingerprint density at radius 2 is 2.25 bits per heavy atom. The number of benzene rings is 1. The molecule has 0 aliphatic carbocycles. The quantitative estimate of drug-likeness (QED) is 0.735. The number of hydrogen-bond acceptors (Lipinski definition) is 2.